The molecule has 0 N–H and O–H groups in total. The van der Waals surface area contributed by atoms with Gasteiger partial charge in [0.2, 0.25) is 5.91 Å². The van der Waals surface area contributed by atoms with Gasteiger partial charge < -0.3 is 0 Å². The zero-order valence-corrected chi connectivity index (χ0v) is 13.6. The molecule has 0 radical (unpaired) electrons. The van der Waals surface area contributed by atoms with Gasteiger partial charge in [0, 0.05) is 5.02 Å². The number of thioether (sulfide) groups is 1. The highest BCUT2D eigenvalue weighted by atomic mass is 35.5. The largest absolute Gasteiger partial charge is 0.416 e. The summed E-state index contributed by atoms with van der Waals surface area (Å²) in [6.45, 7) is 0. The van der Waals surface area contributed by atoms with Crippen molar-refractivity contribution in [3.8, 4) is 0 Å². The maximum atomic E-state index is 12.8. The average Bonchev–Trinajstić information content (AvgIpc) is 2.87. The molecule has 0 aromatic heterocycles. The Labute approximate surface area is 145 Å². The minimum Gasteiger partial charge on any atom is -0.273 e. The van der Waals surface area contributed by atoms with Gasteiger partial charge in [-0.1, -0.05) is 35.5 Å². The fourth-order valence-electron chi connectivity index (χ4n) is 2.18. The van der Waals surface area contributed by atoms with Crippen LogP contribution in [0.2, 0.25) is 5.02 Å². The number of aliphatic imine (C=N–C) groups is 1. The number of amidine groups is 1. The molecule has 0 spiro atoms. The molecular formula is C16H10ClF3N2OS. The van der Waals surface area contributed by atoms with Crippen LogP contribution < -0.4 is 4.90 Å². The highest BCUT2D eigenvalue weighted by molar-refractivity contribution is 8.15. The van der Waals surface area contributed by atoms with Crippen LogP contribution in [0.25, 0.3) is 0 Å². The van der Waals surface area contributed by atoms with Crippen molar-refractivity contribution < 1.29 is 18.0 Å². The Hall–Kier alpha value is -1.99. The zero-order valence-electron chi connectivity index (χ0n) is 12.0. The fourth-order valence-corrected chi connectivity index (χ4v) is 3.25. The number of alkyl halides is 3. The van der Waals surface area contributed by atoms with Crippen LogP contribution in [-0.4, -0.2) is 16.8 Å². The third kappa shape index (κ3) is 3.57. The number of amides is 1. The Morgan fingerprint density at radius 2 is 1.88 bits per heavy atom. The molecule has 0 aliphatic carbocycles. The van der Waals surface area contributed by atoms with Crippen molar-refractivity contribution in [2.24, 2.45) is 4.99 Å². The van der Waals surface area contributed by atoms with Gasteiger partial charge in [0.15, 0.2) is 5.17 Å². The van der Waals surface area contributed by atoms with Crippen molar-refractivity contribution in [2.45, 2.75) is 6.18 Å². The molecule has 3 nitrogen and oxygen atoms in total. The van der Waals surface area contributed by atoms with E-state index in [0.717, 1.165) is 12.1 Å². The van der Waals surface area contributed by atoms with E-state index in [1.54, 1.807) is 24.3 Å². The number of anilines is 1. The minimum absolute atomic E-state index is 0.133. The highest BCUT2D eigenvalue weighted by Gasteiger charge is 2.32. The minimum atomic E-state index is -4.44. The molecule has 1 aliphatic rings. The predicted octanol–water partition coefficient (Wildman–Crippen LogP) is 5.13. The second-order valence-electron chi connectivity index (χ2n) is 4.94. The van der Waals surface area contributed by atoms with E-state index in [2.05, 4.69) is 4.99 Å². The van der Waals surface area contributed by atoms with Crippen molar-refractivity contribution in [3.05, 3.63) is 59.1 Å². The molecule has 8 heteroatoms. The van der Waals surface area contributed by atoms with Gasteiger partial charge in [-0.25, -0.2) is 4.99 Å². The summed E-state index contributed by atoms with van der Waals surface area (Å²) in [6.07, 6.45) is -4.44. The van der Waals surface area contributed by atoms with Crippen LogP contribution in [0.5, 0.6) is 0 Å². The number of carbonyl (C=O) groups is 1. The summed E-state index contributed by atoms with van der Waals surface area (Å²) in [6, 6.07) is 11.3. The number of halogens is 4. The number of benzene rings is 2. The van der Waals surface area contributed by atoms with Crippen molar-refractivity contribution >= 4 is 45.8 Å². The van der Waals surface area contributed by atoms with E-state index in [1.807, 2.05) is 0 Å². The molecule has 3 rings (SSSR count). The number of carbonyl (C=O) groups excluding carboxylic acids is 1. The molecule has 0 bridgehead atoms. The van der Waals surface area contributed by atoms with Gasteiger partial charge in [-0.15, -0.1) is 0 Å². The summed E-state index contributed by atoms with van der Waals surface area (Å²) >= 11 is 7.11. The summed E-state index contributed by atoms with van der Waals surface area (Å²) in [5.74, 6) is -0.0300. The summed E-state index contributed by atoms with van der Waals surface area (Å²) in [5, 5.41) is 0.775. The van der Waals surface area contributed by atoms with Crippen LogP contribution in [0.1, 0.15) is 5.56 Å². The Balaban J connectivity index is 1.98. The molecule has 0 saturated carbocycles. The normalized spacial score (nSPS) is 16.9. The summed E-state index contributed by atoms with van der Waals surface area (Å²) in [7, 11) is 0. The standard InChI is InChI=1S/C16H10ClF3N2OS/c17-11-4-2-6-13(8-11)22-14(23)9-24-15(22)21-12-5-1-3-10(7-12)16(18,19)20/h1-8H,9H2. The van der Waals surface area contributed by atoms with Crippen LogP contribution in [0.3, 0.4) is 0 Å². The molecule has 124 valence electrons. The number of hydrogen-bond donors (Lipinski definition) is 0. The van der Waals surface area contributed by atoms with Crippen LogP contribution in [0, 0.1) is 0 Å². The van der Waals surface area contributed by atoms with E-state index in [9.17, 15) is 18.0 Å². The number of hydrogen-bond acceptors (Lipinski definition) is 3. The van der Waals surface area contributed by atoms with Crippen molar-refractivity contribution in [1.29, 1.82) is 0 Å². The number of rotatable bonds is 2. The third-order valence-electron chi connectivity index (χ3n) is 3.23. The molecule has 0 atom stereocenters. The van der Waals surface area contributed by atoms with Crippen molar-refractivity contribution in [2.75, 3.05) is 10.7 Å². The molecule has 2 aromatic rings. The first-order valence-corrected chi connectivity index (χ1v) is 8.18. The maximum absolute atomic E-state index is 12.8. The van der Waals surface area contributed by atoms with Gasteiger partial charge in [0.25, 0.3) is 0 Å². The molecular weight excluding hydrogens is 361 g/mol. The van der Waals surface area contributed by atoms with Gasteiger partial charge in [-0.3, -0.25) is 9.69 Å². The lowest BCUT2D eigenvalue weighted by molar-refractivity contribution is -0.137. The highest BCUT2D eigenvalue weighted by Crippen LogP contribution is 2.33. The average molecular weight is 371 g/mol. The molecule has 1 heterocycles. The first-order valence-electron chi connectivity index (χ1n) is 6.82. The molecule has 1 saturated heterocycles. The smallest absolute Gasteiger partial charge is 0.273 e. The van der Waals surface area contributed by atoms with Crippen LogP contribution in [0.15, 0.2) is 53.5 Å². The SMILES string of the molecule is O=C1CSC(=Nc2cccc(C(F)(F)F)c2)N1c1cccc(Cl)c1. The van der Waals surface area contributed by atoms with E-state index in [0.29, 0.717) is 15.9 Å². The lowest BCUT2D eigenvalue weighted by Crippen LogP contribution is -2.29. The molecule has 0 unspecified atom stereocenters. The predicted molar refractivity (Wildman–Crippen MR) is 89.9 cm³/mol. The maximum Gasteiger partial charge on any atom is 0.416 e. The molecule has 1 fully saturated rings. The van der Waals surface area contributed by atoms with Gasteiger partial charge in [-0.05, 0) is 36.4 Å². The lowest BCUT2D eigenvalue weighted by atomic mass is 10.2. The second kappa shape index (κ2) is 6.49. The van der Waals surface area contributed by atoms with E-state index in [1.165, 1.54) is 28.8 Å². The summed E-state index contributed by atoms with van der Waals surface area (Å²) in [5.41, 5.74) is -0.120. The van der Waals surface area contributed by atoms with E-state index in [4.69, 9.17) is 11.6 Å². The van der Waals surface area contributed by atoms with Crippen molar-refractivity contribution in [3.63, 3.8) is 0 Å². The quantitative estimate of drug-likeness (QED) is 0.734. The van der Waals surface area contributed by atoms with Gasteiger partial charge in [0.05, 0.1) is 22.7 Å². The van der Waals surface area contributed by atoms with E-state index >= 15 is 0 Å². The molecule has 1 amide bonds. The van der Waals surface area contributed by atoms with E-state index < -0.39 is 11.7 Å². The Bertz CT molecular complexity index is 823. The first-order chi connectivity index (χ1) is 11.3. The van der Waals surface area contributed by atoms with Gasteiger partial charge in [0.1, 0.15) is 0 Å². The van der Waals surface area contributed by atoms with Crippen molar-refractivity contribution in [1.82, 2.24) is 0 Å². The molecule has 24 heavy (non-hydrogen) atoms. The van der Waals surface area contributed by atoms with Crippen LogP contribution >= 0.6 is 23.4 Å². The lowest BCUT2D eigenvalue weighted by Gasteiger charge is -2.16. The topological polar surface area (TPSA) is 32.7 Å². The van der Waals surface area contributed by atoms with E-state index in [-0.39, 0.29) is 17.3 Å². The monoisotopic (exact) mass is 370 g/mol. The third-order valence-corrected chi connectivity index (χ3v) is 4.39. The first kappa shape index (κ1) is 16.9. The fraction of sp³-hybridized carbons (Fsp3) is 0.125. The van der Waals surface area contributed by atoms with Crippen LogP contribution in [0.4, 0.5) is 24.5 Å². The Morgan fingerprint density at radius 1 is 1.12 bits per heavy atom. The second-order valence-corrected chi connectivity index (χ2v) is 6.32. The summed E-state index contributed by atoms with van der Waals surface area (Å²) < 4.78 is 38.4. The van der Waals surface area contributed by atoms with Gasteiger partial charge >= 0.3 is 6.18 Å². The van der Waals surface area contributed by atoms with Gasteiger partial charge in [-0.2, -0.15) is 13.2 Å². The molecule has 1 aliphatic heterocycles. The number of nitrogens with zero attached hydrogens (tertiary/aromatic N) is 2. The van der Waals surface area contributed by atoms with Crippen LogP contribution in [-0.2, 0) is 11.0 Å². The molecule has 2 aromatic carbocycles. The Morgan fingerprint density at radius 3 is 2.58 bits per heavy atom. The zero-order chi connectivity index (χ0) is 17.3. The Kier molecular flexibility index (Phi) is 4.56. The summed E-state index contributed by atoms with van der Waals surface area (Å²) in [4.78, 5) is 17.7.